The van der Waals surface area contributed by atoms with Gasteiger partial charge in [0.05, 0.1) is 25.4 Å². The summed E-state index contributed by atoms with van der Waals surface area (Å²) in [6.07, 6.45) is -4.02. The minimum absolute atomic E-state index is 0.0381. The van der Waals surface area contributed by atoms with Crippen LogP contribution in [0.25, 0.3) is 0 Å². The summed E-state index contributed by atoms with van der Waals surface area (Å²) in [7, 11) is 0. The number of hydrogen-bond donors (Lipinski definition) is 4. The van der Waals surface area contributed by atoms with Gasteiger partial charge in [-0.25, -0.2) is 0 Å². The lowest BCUT2D eigenvalue weighted by molar-refractivity contribution is -0.227. The molecule has 6 nitrogen and oxygen atoms in total. The maximum absolute atomic E-state index is 9.67. The topological polar surface area (TPSA) is 99.4 Å². The molecule has 0 radical (unpaired) electrons. The van der Waals surface area contributed by atoms with Gasteiger partial charge < -0.3 is 29.9 Å². The Hall–Kier alpha value is -0.240. The van der Waals surface area contributed by atoms with E-state index in [1.807, 2.05) is 0 Å². The molecule has 0 bridgehead atoms. The van der Waals surface area contributed by atoms with Gasteiger partial charge in [-0.05, 0) is 6.92 Å². The molecule has 0 aromatic rings. The fourth-order valence-electron chi connectivity index (χ4n) is 1.72. The molecule has 6 heteroatoms. The Bertz CT molecular complexity index is 198. The van der Waals surface area contributed by atoms with Crippen LogP contribution in [0.2, 0.25) is 0 Å². The number of aliphatic hydroxyl groups excluding tert-OH is 4. The molecule has 1 aliphatic heterocycles. The van der Waals surface area contributed by atoms with Crippen LogP contribution in [0.4, 0.5) is 0 Å². The molecule has 5 unspecified atom stereocenters. The van der Waals surface area contributed by atoms with Crippen LogP contribution in [-0.4, -0.2) is 64.8 Å². The van der Waals surface area contributed by atoms with Gasteiger partial charge in [-0.15, -0.1) is 0 Å². The van der Waals surface area contributed by atoms with Crippen LogP contribution >= 0.6 is 0 Å². The predicted octanol–water partition coefficient (Wildman–Crippen LogP) is -1.54. The minimum Gasteiger partial charge on any atom is -0.396 e. The Morgan fingerprint density at radius 2 is 1.94 bits per heavy atom. The van der Waals surface area contributed by atoms with Crippen molar-refractivity contribution in [2.24, 2.45) is 5.92 Å². The summed E-state index contributed by atoms with van der Waals surface area (Å²) in [6, 6.07) is 0. The van der Waals surface area contributed by atoms with Crippen LogP contribution in [-0.2, 0) is 9.47 Å². The predicted molar refractivity (Wildman–Crippen MR) is 54.6 cm³/mol. The van der Waals surface area contributed by atoms with Crippen LogP contribution in [0.5, 0.6) is 0 Å². The molecule has 1 fully saturated rings. The third-order valence-electron chi connectivity index (χ3n) is 2.71. The van der Waals surface area contributed by atoms with Crippen molar-refractivity contribution in [2.75, 3.05) is 19.8 Å². The van der Waals surface area contributed by atoms with Crippen LogP contribution < -0.4 is 0 Å². The first-order valence-corrected chi connectivity index (χ1v) is 5.48. The highest BCUT2D eigenvalue weighted by Crippen LogP contribution is 2.20. The van der Waals surface area contributed by atoms with Crippen molar-refractivity contribution in [2.45, 2.75) is 37.9 Å². The summed E-state index contributed by atoms with van der Waals surface area (Å²) in [5.41, 5.74) is 0. The van der Waals surface area contributed by atoms with Crippen molar-refractivity contribution in [3.63, 3.8) is 0 Å². The molecule has 1 saturated heterocycles. The van der Waals surface area contributed by atoms with E-state index >= 15 is 0 Å². The number of ether oxygens (including phenoxy) is 2. The Kier molecular flexibility index (Phi) is 5.60. The zero-order chi connectivity index (χ0) is 12.1. The van der Waals surface area contributed by atoms with Gasteiger partial charge in [-0.3, -0.25) is 0 Å². The Morgan fingerprint density at radius 3 is 2.50 bits per heavy atom. The van der Waals surface area contributed by atoms with Gasteiger partial charge in [0.2, 0.25) is 0 Å². The van der Waals surface area contributed by atoms with Crippen molar-refractivity contribution in [1.29, 1.82) is 0 Å². The second kappa shape index (κ2) is 6.48. The smallest absolute Gasteiger partial charge is 0.183 e. The quantitative estimate of drug-likeness (QED) is 0.474. The van der Waals surface area contributed by atoms with Gasteiger partial charge in [-0.2, -0.15) is 0 Å². The molecule has 5 atom stereocenters. The normalized spacial score (nSPS) is 41.4. The second-order valence-electron chi connectivity index (χ2n) is 3.96. The van der Waals surface area contributed by atoms with Gasteiger partial charge in [0.15, 0.2) is 6.29 Å². The van der Waals surface area contributed by atoms with E-state index in [-0.39, 0.29) is 19.6 Å². The van der Waals surface area contributed by atoms with E-state index in [1.54, 1.807) is 6.92 Å². The third kappa shape index (κ3) is 3.38. The largest absolute Gasteiger partial charge is 0.396 e. The Balaban J connectivity index is 2.64. The van der Waals surface area contributed by atoms with E-state index in [9.17, 15) is 15.3 Å². The third-order valence-corrected chi connectivity index (χ3v) is 2.71. The highest BCUT2D eigenvalue weighted by molar-refractivity contribution is 4.81. The van der Waals surface area contributed by atoms with Gasteiger partial charge in [-0.1, -0.05) is 0 Å². The summed E-state index contributed by atoms with van der Waals surface area (Å²) in [4.78, 5) is 0. The second-order valence-corrected chi connectivity index (χ2v) is 3.96. The highest BCUT2D eigenvalue weighted by Gasteiger charge is 2.34. The molecule has 1 rings (SSSR count). The first-order valence-electron chi connectivity index (χ1n) is 5.48. The van der Waals surface area contributed by atoms with Crippen molar-refractivity contribution < 1.29 is 29.9 Å². The Morgan fingerprint density at radius 1 is 1.25 bits per heavy atom. The van der Waals surface area contributed by atoms with Crippen LogP contribution in [0.1, 0.15) is 13.3 Å². The Labute approximate surface area is 94.4 Å². The standard InChI is InChI=1S/C10H20O6/c1-2-15-10-8(13)3-7(12)9(14)6(4-11)5-16-10/h6-14H,2-5H2,1H3. The molecule has 96 valence electrons. The van der Waals surface area contributed by atoms with Crippen LogP contribution in [0, 0.1) is 5.92 Å². The van der Waals surface area contributed by atoms with Gasteiger partial charge in [0.25, 0.3) is 0 Å². The van der Waals surface area contributed by atoms with E-state index in [0.29, 0.717) is 6.61 Å². The zero-order valence-corrected chi connectivity index (χ0v) is 9.32. The van der Waals surface area contributed by atoms with Gasteiger partial charge in [0, 0.05) is 18.9 Å². The van der Waals surface area contributed by atoms with E-state index in [2.05, 4.69) is 0 Å². The average molecular weight is 236 g/mol. The molecular weight excluding hydrogens is 216 g/mol. The number of rotatable bonds is 3. The van der Waals surface area contributed by atoms with E-state index < -0.39 is 30.5 Å². The number of aliphatic hydroxyl groups is 4. The maximum atomic E-state index is 9.67. The lowest BCUT2D eigenvalue weighted by Gasteiger charge is -2.33. The first-order chi connectivity index (χ1) is 7.60. The molecule has 0 amide bonds. The van der Waals surface area contributed by atoms with Crippen molar-refractivity contribution in [1.82, 2.24) is 0 Å². The van der Waals surface area contributed by atoms with Gasteiger partial charge >= 0.3 is 0 Å². The molecule has 0 aromatic heterocycles. The summed E-state index contributed by atoms with van der Waals surface area (Å²) < 4.78 is 10.4. The fourth-order valence-corrected chi connectivity index (χ4v) is 1.72. The lowest BCUT2D eigenvalue weighted by Crippen LogP contribution is -2.47. The first kappa shape index (κ1) is 13.8. The fraction of sp³-hybridized carbons (Fsp3) is 1.00. The van der Waals surface area contributed by atoms with Crippen molar-refractivity contribution >= 4 is 0 Å². The molecular formula is C10H20O6. The molecule has 0 aromatic carbocycles. The monoisotopic (exact) mass is 236 g/mol. The molecule has 0 spiro atoms. The summed E-state index contributed by atoms with van der Waals surface area (Å²) in [5.74, 6) is -0.564. The lowest BCUT2D eigenvalue weighted by atomic mass is 9.94. The van der Waals surface area contributed by atoms with Crippen LogP contribution in [0.15, 0.2) is 0 Å². The maximum Gasteiger partial charge on any atom is 0.183 e. The summed E-state index contributed by atoms with van der Waals surface area (Å²) in [6.45, 7) is 1.90. The van der Waals surface area contributed by atoms with Crippen molar-refractivity contribution in [3.05, 3.63) is 0 Å². The molecule has 0 aliphatic carbocycles. The van der Waals surface area contributed by atoms with E-state index in [1.165, 1.54) is 0 Å². The van der Waals surface area contributed by atoms with Gasteiger partial charge in [0.1, 0.15) is 6.10 Å². The zero-order valence-electron chi connectivity index (χ0n) is 9.32. The molecule has 1 aliphatic rings. The van der Waals surface area contributed by atoms with E-state index in [0.717, 1.165) is 0 Å². The van der Waals surface area contributed by atoms with Crippen molar-refractivity contribution in [3.8, 4) is 0 Å². The minimum atomic E-state index is -1.10. The molecule has 0 saturated carbocycles. The van der Waals surface area contributed by atoms with E-state index in [4.69, 9.17) is 14.6 Å². The SMILES string of the molecule is CCOC1OCC(CO)C(O)C(O)CC1O. The van der Waals surface area contributed by atoms with Crippen LogP contribution in [0.3, 0.4) is 0 Å². The average Bonchev–Trinajstić information content (AvgIpc) is 2.26. The summed E-state index contributed by atoms with van der Waals surface area (Å²) in [5, 5.41) is 37.9. The molecule has 1 heterocycles. The highest BCUT2D eigenvalue weighted by atomic mass is 16.7. The summed E-state index contributed by atoms with van der Waals surface area (Å²) >= 11 is 0. The number of hydrogen-bond acceptors (Lipinski definition) is 6. The molecule has 4 N–H and O–H groups in total. The molecule has 16 heavy (non-hydrogen) atoms.